The molecular weight excluding hydrogens is 455 g/mol. The van der Waals surface area contributed by atoms with Crippen LogP contribution < -0.4 is 10.6 Å². The number of benzene rings is 2. The molecule has 0 radical (unpaired) electrons. The Balaban J connectivity index is 1.56. The SMILES string of the molecule is O=c1[nH]c2ccc(S(=O)(=O)N3CCN(c4ccc(C(F)(F)F)cc4[N+](=O)[O-])CC3)cc2[nH]1. The van der Waals surface area contributed by atoms with Crippen molar-refractivity contribution in [2.45, 2.75) is 11.1 Å². The van der Waals surface area contributed by atoms with E-state index < -0.39 is 38.1 Å². The predicted octanol–water partition coefficient (Wildman–Crippen LogP) is 2.29. The maximum absolute atomic E-state index is 13.0. The van der Waals surface area contributed by atoms with Crippen molar-refractivity contribution >= 4 is 32.4 Å². The molecule has 0 atom stereocenters. The zero-order chi connectivity index (χ0) is 23.3. The molecule has 14 heteroatoms. The summed E-state index contributed by atoms with van der Waals surface area (Å²) in [6.07, 6.45) is -4.72. The number of rotatable bonds is 4. The Bertz CT molecular complexity index is 1360. The van der Waals surface area contributed by atoms with Crippen molar-refractivity contribution in [3.63, 3.8) is 0 Å². The van der Waals surface area contributed by atoms with E-state index in [-0.39, 0.29) is 36.8 Å². The molecule has 1 aliphatic rings. The molecule has 170 valence electrons. The van der Waals surface area contributed by atoms with E-state index in [1.165, 1.54) is 27.4 Å². The number of alkyl halides is 3. The van der Waals surface area contributed by atoms with Gasteiger partial charge in [0.05, 0.1) is 26.4 Å². The predicted molar refractivity (Wildman–Crippen MR) is 108 cm³/mol. The number of nitro groups is 1. The third-order valence-corrected chi connectivity index (χ3v) is 7.10. The minimum absolute atomic E-state index is 0.00799. The first-order valence-corrected chi connectivity index (χ1v) is 10.7. The molecule has 2 aromatic carbocycles. The standard InChI is InChI=1S/C18H16F3N5O5S/c19-18(20,21)11-1-4-15(16(9-11)26(28)29)24-5-7-25(8-6-24)32(30,31)12-2-3-13-14(10-12)23-17(27)22-13/h1-4,9-10H,5-8H2,(H2,22,23,27). The van der Waals surface area contributed by atoms with Gasteiger partial charge in [-0.2, -0.15) is 17.5 Å². The van der Waals surface area contributed by atoms with Crippen LogP contribution in [0.2, 0.25) is 0 Å². The van der Waals surface area contributed by atoms with Crippen molar-refractivity contribution in [2.24, 2.45) is 0 Å². The van der Waals surface area contributed by atoms with Crippen LogP contribution in [0.25, 0.3) is 11.0 Å². The van der Waals surface area contributed by atoms with Gasteiger partial charge < -0.3 is 14.9 Å². The van der Waals surface area contributed by atoms with Crippen LogP contribution >= 0.6 is 0 Å². The molecule has 32 heavy (non-hydrogen) atoms. The van der Waals surface area contributed by atoms with Crippen LogP contribution in [-0.4, -0.2) is 53.8 Å². The van der Waals surface area contributed by atoms with Crippen LogP contribution in [0.15, 0.2) is 46.1 Å². The lowest BCUT2D eigenvalue weighted by atomic mass is 10.1. The lowest BCUT2D eigenvalue weighted by Crippen LogP contribution is -2.48. The van der Waals surface area contributed by atoms with Gasteiger partial charge in [-0.05, 0) is 30.3 Å². The number of nitrogens with one attached hydrogen (secondary N) is 2. The fourth-order valence-electron chi connectivity index (χ4n) is 3.60. The van der Waals surface area contributed by atoms with E-state index in [4.69, 9.17) is 0 Å². The number of H-pyrrole nitrogens is 2. The minimum atomic E-state index is -4.72. The van der Waals surface area contributed by atoms with Gasteiger partial charge in [0.15, 0.2) is 0 Å². The third-order valence-electron chi connectivity index (χ3n) is 5.20. The van der Waals surface area contributed by atoms with Crippen molar-refractivity contribution in [2.75, 3.05) is 31.1 Å². The molecule has 1 saturated heterocycles. The molecule has 0 aliphatic carbocycles. The normalized spacial score (nSPS) is 15.9. The van der Waals surface area contributed by atoms with Gasteiger partial charge in [0.2, 0.25) is 10.0 Å². The largest absolute Gasteiger partial charge is 0.416 e. The fourth-order valence-corrected chi connectivity index (χ4v) is 5.05. The molecule has 2 N–H and O–H groups in total. The first kappa shape index (κ1) is 21.8. The third kappa shape index (κ3) is 3.93. The van der Waals surface area contributed by atoms with Crippen LogP contribution in [0.3, 0.4) is 0 Å². The van der Waals surface area contributed by atoms with E-state index in [9.17, 15) is 36.5 Å². The van der Waals surface area contributed by atoms with E-state index in [0.717, 1.165) is 12.1 Å². The number of imidazole rings is 1. The van der Waals surface area contributed by atoms with Gasteiger partial charge >= 0.3 is 11.9 Å². The van der Waals surface area contributed by atoms with Crippen LogP contribution in [0.4, 0.5) is 24.5 Å². The van der Waals surface area contributed by atoms with E-state index in [2.05, 4.69) is 9.97 Å². The molecule has 0 unspecified atom stereocenters. The second kappa shape index (κ2) is 7.63. The Hall–Kier alpha value is -3.39. The number of fused-ring (bicyclic) bond motifs is 1. The molecule has 10 nitrogen and oxygen atoms in total. The average Bonchev–Trinajstić information content (AvgIpc) is 3.12. The van der Waals surface area contributed by atoms with Gasteiger partial charge in [-0.3, -0.25) is 10.1 Å². The number of aromatic nitrogens is 2. The minimum Gasteiger partial charge on any atom is -0.363 e. The highest BCUT2D eigenvalue weighted by Gasteiger charge is 2.35. The van der Waals surface area contributed by atoms with E-state index in [1.54, 1.807) is 0 Å². The summed E-state index contributed by atoms with van der Waals surface area (Å²) in [5.41, 5.74) is -1.53. The molecule has 4 rings (SSSR count). The van der Waals surface area contributed by atoms with Crippen LogP contribution in [0.5, 0.6) is 0 Å². The molecule has 2 heterocycles. The Labute approximate surface area is 178 Å². The molecule has 0 bridgehead atoms. The van der Waals surface area contributed by atoms with E-state index in [0.29, 0.717) is 17.1 Å². The Morgan fingerprint density at radius 1 is 0.969 bits per heavy atom. The summed E-state index contributed by atoms with van der Waals surface area (Å²) in [5, 5.41) is 11.3. The van der Waals surface area contributed by atoms with E-state index in [1.807, 2.05) is 0 Å². The molecule has 0 spiro atoms. The monoisotopic (exact) mass is 471 g/mol. The van der Waals surface area contributed by atoms with Gasteiger partial charge in [0, 0.05) is 32.2 Å². The summed E-state index contributed by atoms with van der Waals surface area (Å²) in [7, 11) is -3.91. The van der Waals surface area contributed by atoms with Gasteiger partial charge in [-0.15, -0.1) is 0 Å². The lowest BCUT2D eigenvalue weighted by molar-refractivity contribution is -0.384. The highest BCUT2D eigenvalue weighted by molar-refractivity contribution is 7.89. The summed E-state index contributed by atoms with van der Waals surface area (Å²) in [5.74, 6) is 0. The zero-order valence-corrected chi connectivity index (χ0v) is 17.0. The summed E-state index contributed by atoms with van der Waals surface area (Å²) in [6, 6.07) is 6.41. The molecular formula is C18H16F3N5O5S. The lowest BCUT2D eigenvalue weighted by Gasteiger charge is -2.35. The van der Waals surface area contributed by atoms with Gasteiger partial charge in [-0.1, -0.05) is 0 Å². The van der Waals surface area contributed by atoms with Gasteiger partial charge in [-0.25, -0.2) is 13.2 Å². The molecule has 1 aliphatic heterocycles. The Kier molecular flexibility index (Phi) is 5.21. The highest BCUT2D eigenvalue weighted by Crippen LogP contribution is 2.37. The molecule has 0 saturated carbocycles. The number of hydrogen-bond acceptors (Lipinski definition) is 6. The summed E-state index contributed by atoms with van der Waals surface area (Å²) >= 11 is 0. The van der Waals surface area contributed by atoms with Crippen molar-refractivity contribution in [3.05, 3.63) is 62.6 Å². The quantitative estimate of drug-likeness (QED) is 0.443. The van der Waals surface area contributed by atoms with Crippen molar-refractivity contribution in [3.8, 4) is 0 Å². The average molecular weight is 471 g/mol. The van der Waals surface area contributed by atoms with Crippen LogP contribution in [0, 0.1) is 10.1 Å². The maximum Gasteiger partial charge on any atom is 0.416 e. The molecule has 1 fully saturated rings. The number of hydrogen-bond donors (Lipinski definition) is 2. The second-order valence-electron chi connectivity index (χ2n) is 7.14. The van der Waals surface area contributed by atoms with Gasteiger partial charge in [0.25, 0.3) is 5.69 Å². The number of nitrogens with zero attached hydrogens (tertiary/aromatic N) is 3. The van der Waals surface area contributed by atoms with Crippen LogP contribution in [0.1, 0.15) is 5.56 Å². The van der Waals surface area contributed by atoms with Gasteiger partial charge in [0.1, 0.15) is 5.69 Å². The zero-order valence-electron chi connectivity index (χ0n) is 16.2. The van der Waals surface area contributed by atoms with Crippen molar-refractivity contribution in [1.29, 1.82) is 0 Å². The Morgan fingerprint density at radius 3 is 2.25 bits per heavy atom. The van der Waals surface area contributed by atoms with Crippen molar-refractivity contribution in [1.82, 2.24) is 14.3 Å². The summed E-state index contributed by atoms with van der Waals surface area (Å²) < 4.78 is 65.9. The first-order chi connectivity index (χ1) is 15.0. The Morgan fingerprint density at radius 2 is 1.62 bits per heavy atom. The van der Waals surface area contributed by atoms with E-state index >= 15 is 0 Å². The smallest absolute Gasteiger partial charge is 0.363 e. The van der Waals surface area contributed by atoms with Crippen LogP contribution in [-0.2, 0) is 16.2 Å². The summed E-state index contributed by atoms with van der Waals surface area (Å²) in [6.45, 7) is 0.0493. The number of piperazine rings is 1. The first-order valence-electron chi connectivity index (χ1n) is 9.29. The molecule has 0 amide bonds. The topological polar surface area (TPSA) is 132 Å². The summed E-state index contributed by atoms with van der Waals surface area (Å²) in [4.78, 5) is 28.3. The number of nitro benzene ring substituents is 1. The maximum atomic E-state index is 13.0. The number of halogens is 3. The number of sulfonamides is 1. The molecule has 1 aromatic heterocycles. The second-order valence-corrected chi connectivity index (χ2v) is 9.07. The number of aromatic amines is 2. The fraction of sp³-hybridized carbons (Fsp3) is 0.278. The van der Waals surface area contributed by atoms with Crippen molar-refractivity contribution < 1.29 is 26.5 Å². The number of anilines is 1. The molecule has 3 aromatic rings. The highest BCUT2D eigenvalue weighted by atomic mass is 32.2.